The lowest BCUT2D eigenvalue weighted by Crippen LogP contribution is -2.21. The van der Waals surface area contributed by atoms with Crippen LogP contribution in [0.2, 0.25) is 0 Å². The van der Waals surface area contributed by atoms with E-state index in [1.165, 1.54) is 0 Å². The molecule has 72 valence electrons. The molecule has 1 amide bonds. The Kier molecular flexibility index (Phi) is 2.81. The average molecular weight is 245 g/mol. The fourth-order valence-electron chi connectivity index (χ4n) is 1.38. The molecule has 0 aliphatic heterocycles. The standard InChI is InChI=1S/C9H13BrN2O/c1-5-7(10)6(2)12(4)8(5)9(13)11-3/h1-4H3,(H,11,13). The van der Waals surface area contributed by atoms with Crippen LogP contribution in [0.4, 0.5) is 0 Å². The Balaban J connectivity index is 3.37. The van der Waals surface area contributed by atoms with Crippen LogP contribution in [0.25, 0.3) is 0 Å². The van der Waals surface area contributed by atoms with Crippen LogP contribution in [0.3, 0.4) is 0 Å². The highest BCUT2D eigenvalue weighted by atomic mass is 79.9. The van der Waals surface area contributed by atoms with E-state index in [-0.39, 0.29) is 5.91 Å². The molecule has 3 nitrogen and oxygen atoms in total. The zero-order valence-electron chi connectivity index (χ0n) is 8.23. The predicted molar refractivity (Wildman–Crippen MR) is 56.0 cm³/mol. The van der Waals surface area contributed by atoms with E-state index in [1.54, 1.807) is 7.05 Å². The SMILES string of the molecule is CNC(=O)c1c(C)c(Br)c(C)n1C. The van der Waals surface area contributed by atoms with Crippen LogP contribution in [0.1, 0.15) is 21.7 Å². The number of rotatable bonds is 1. The molecule has 4 heteroatoms. The molecule has 0 aliphatic carbocycles. The molecule has 1 rings (SSSR count). The van der Waals surface area contributed by atoms with Crippen molar-refractivity contribution in [3.05, 3.63) is 21.4 Å². The molecule has 0 unspecified atom stereocenters. The number of hydrogen-bond acceptors (Lipinski definition) is 1. The summed E-state index contributed by atoms with van der Waals surface area (Å²) in [4.78, 5) is 11.5. The summed E-state index contributed by atoms with van der Waals surface area (Å²) in [6.07, 6.45) is 0. The number of halogens is 1. The smallest absolute Gasteiger partial charge is 0.267 e. The van der Waals surface area contributed by atoms with Gasteiger partial charge in [-0.1, -0.05) is 0 Å². The van der Waals surface area contributed by atoms with Crippen molar-refractivity contribution in [1.82, 2.24) is 9.88 Å². The van der Waals surface area contributed by atoms with Crippen LogP contribution in [0.5, 0.6) is 0 Å². The van der Waals surface area contributed by atoms with Crippen molar-refractivity contribution in [2.45, 2.75) is 13.8 Å². The fraction of sp³-hybridized carbons (Fsp3) is 0.444. The molecule has 0 fully saturated rings. The summed E-state index contributed by atoms with van der Waals surface area (Å²) in [5.41, 5.74) is 2.77. The Morgan fingerprint density at radius 1 is 1.46 bits per heavy atom. The molecule has 13 heavy (non-hydrogen) atoms. The van der Waals surface area contributed by atoms with E-state index in [9.17, 15) is 4.79 Å². The minimum atomic E-state index is -0.0474. The third-order valence-corrected chi connectivity index (χ3v) is 3.45. The van der Waals surface area contributed by atoms with Gasteiger partial charge in [0.25, 0.3) is 5.91 Å². The van der Waals surface area contributed by atoms with E-state index in [2.05, 4.69) is 21.2 Å². The van der Waals surface area contributed by atoms with Gasteiger partial charge in [0.2, 0.25) is 0 Å². The number of amides is 1. The van der Waals surface area contributed by atoms with Crippen LogP contribution in [0.15, 0.2) is 4.47 Å². The van der Waals surface area contributed by atoms with E-state index in [1.807, 2.05) is 25.5 Å². The molecule has 1 heterocycles. The summed E-state index contributed by atoms with van der Waals surface area (Å²) in [5, 5.41) is 2.62. The quantitative estimate of drug-likeness (QED) is 0.803. The first kappa shape index (κ1) is 10.3. The van der Waals surface area contributed by atoms with Gasteiger partial charge in [-0.2, -0.15) is 0 Å². The summed E-state index contributed by atoms with van der Waals surface area (Å²) in [5.74, 6) is -0.0474. The van der Waals surface area contributed by atoms with E-state index >= 15 is 0 Å². The third-order valence-electron chi connectivity index (χ3n) is 2.28. The van der Waals surface area contributed by atoms with Gasteiger partial charge in [0.1, 0.15) is 5.69 Å². The van der Waals surface area contributed by atoms with Gasteiger partial charge >= 0.3 is 0 Å². The second-order valence-corrected chi connectivity index (χ2v) is 3.80. The number of hydrogen-bond donors (Lipinski definition) is 1. The topological polar surface area (TPSA) is 34.0 Å². The molecule has 1 N–H and O–H groups in total. The molecular weight excluding hydrogens is 232 g/mol. The summed E-state index contributed by atoms with van der Waals surface area (Å²) < 4.78 is 2.90. The number of carbonyl (C=O) groups excluding carboxylic acids is 1. The highest BCUT2D eigenvalue weighted by molar-refractivity contribution is 9.10. The largest absolute Gasteiger partial charge is 0.354 e. The molecule has 0 radical (unpaired) electrons. The number of nitrogens with zero attached hydrogens (tertiary/aromatic N) is 1. The average Bonchev–Trinajstić information content (AvgIpc) is 2.30. The normalized spacial score (nSPS) is 10.2. The van der Waals surface area contributed by atoms with Crippen molar-refractivity contribution < 1.29 is 4.79 Å². The summed E-state index contributed by atoms with van der Waals surface area (Å²) in [7, 11) is 3.52. The van der Waals surface area contributed by atoms with Crippen molar-refractivity contribution in [3.63, 3.8) is 0 Å². The summed E-state index contributed by atoms with van der Waals surface area (Å²) in [6, 6.07) is 0. The van der Waals surface area contributed by atoms with Crippen LogP contribution < -0.4 is 5.32 Å². The number of carbonyl (C=O) groups is 1. The zero-order valence-corrected chi connectivity index (χ0v) is 9.82. The van der Waals surface area contributed by atoms with Crippen molar-refractivity contribution >= 4 is 21.8 Å². The van der Waals surface area contributed by atoms with Crippen molar-refractivity contribution in [2.75, 3.05) is 7.05 Å². The highest BCUT2D eigenvalue weighted by Crippen LogP contribution is 2.26. The maximum Gasteiger partial charge on any atom is 0.267 e. The van der Waals surface area contributed by atoms with Crippen LogP contribution in [-0.2, 0) is 7.05 Å². The second-order valence-electron chi connectivity index (χ2n) is 3.01. The first-order valence-electron chi connectivity index (χ1n) is 4.04. The maximum absolute atomic E-state index is 11.5. The Hall–Kier alpha value is -0.770. The Labute approximate surface area is 86.3 Å². The van der Waals surface area contributed by atoms with Crippen LogP contribution in [-0.4, -0.2) is 17.5 Å². The van der Waals surface area contributed by atoms with Crippen molar-refractivity contribution in [2.24, 2.45) is 7.05 Å². The minimum Gasteiger partial charge on any atom is -0.354 e. The zero-order chi connectivity index (χ0) is 10.2. The maximum atomic E-state index is 11.5. The van der Waals surface area contributed by atoms with E-state index in [0.29, 0.717) is 5.69 Å². The van der Waals surface area contributed by atoms with Gasteiger partial charge in [0, 0.05) is 24.3 Å². The van der Waals surface area contributed by atoms with Gasteiger partial charge in [-0.05, 0) is 35.3 Å². The number of aromatic nitrogens is 1. The van der Waals surface area contributed by atoms with Gasteiger partial charge in [0.15, 0.2) is 0 Å². The van der Waals surface area contributed by atoms with Crippen molar-refractivity contribution in [3.8, 4) is 0 Å². The molecule has 0 bridgehead atoms. The first-order valence-corrected chi connectivity index (χ1v) is 4.83. The fourth-order valence-corrected chi connectivity index (χ4v) is 1.84. The molecule has 1 aromatic heterocycles. The first-order chi connectivity index (χ1) is 6.00. The van der Waals surface area contributed by atoms with E-state index in [0.717, 1.165) is 15.7 Å². The van der Waals surface area contributed by atoms with E-state index < -0.39 is 0 Å². The van der Waals surface area contributed by atoms with E-state index in [4.69, 9.17) is 0 Å². The Morgan fingerprint density at radius 2 is 2.00 bits per heavy atom. The molecule has 0 saturated heterocycles. The lowest BCUT2D eigenvalue weighted by Gasteiger charge is -2.03. The second kappa shape index (κ2) is 3.54. The van der Waals surface area contributed by atoms with Gasteiger partial charge in [-0.15, -0.1) is 0 Å². The lowest BCUT2D eigenvalue weighted by molar-refractivity contribution is 0.0954. The Bertz CT molecular complexity index is 329. The van der Waals surface area contributed by atoms with Gasteiger partial charge < -0.3 is 9.88 Å². The molecule has 0 aromatic carbocycles. The molecular formula is C9H13BrN2O. The number of nitrogens with one attached hydrogen (secondary N) is 1. The monoisotopic (exact) mass is 244 g/mol. The van der Waals surface area contributed by atoms with Crippen LogP contribution >= 0.6 is 15.9 Å². The molecule has 0 aliphatic rings. The predicted octanol–water partition coefficient (Wildman–Crippen LogP) is 1.76. The van der Waals surface area contributed by atoms with Gasteiger partial charge in [-0.3, -0.25) is 4.79 Å². The van der Waals surface area contributed by atoms with Gasteiger partial charge in [0.05, 0.1) is 0 Å². The Morgan fingerprint density at radius 3 is 2.31 bits per heavy atom. The molecule has 0 saturated carbocycles. The van der Waals surface area contributed by atoms with Gasteiger partial charge in [-0.25, -0.2) is 0 Å². The van der Waals surface area contributed by atoms with Crippen LogP contribution in [0, 0.1) is 13.8 Å². The highest BCUT2D eigenvalue weighted by Gasteiger charge is 2.17. The molecule has 0 atom stereocenters. The molecule has 0 spiro atoms. The molecule has 1 aromatic rings. The lowest BCUT2D eigenvalue weighted by atomic mass is 10.2. The summed E-state index contributed by atoms with van der Waals surface area (Å²) >= 11 is 3.45. The minimum absolute atomic E-state index is 0.0474. The summed E-state index contributed by atoms with van der Waals surface area (Å²) in [6.45, 7) is 3.91. The third kappa shape index (κ3) is 1.50. The van der Waals surface area contributed by atoms with Crippen molar-refractivity contribution in [1.29, 1.82) is 0 Å².